The molecule has 0 aliphatic heterocycles. The summed E-state index contributed by atoms with van der Waals surface area (Å²) in [6.45, 7) is 1.47. The highest BCUT2D eigenvalue weighted by Crippen LogP contribution is 2.28. The zero-order valence-corrected chi connectivity index (χ0v) is 13.6. The second-order valence-electron chi connectivity index (χ2n) is 4.98. The monoisotopic (exact) mass is 335 g/mol. The van der Waals surface area contributed by atoms with Gasteiger partial charge in [0.05, 0.1) is 17.5 Å². The molecule has 24 heavy (non-hydrogen) atoms. The van der Waals surface area contributed by atoms with E-state index in [1.807, 2.05) is 29.6 Å². The minimum atomic E-state index is -0.111. The summed E-state index contributed by atoms with van der Waals surface area (Å²) in [4.78, 5) is 15.6. The molecule has 0 aliphatic carbocycles. The van der Waals surface area contributed by atoms with Crippen LogP contribution in [0.1, 0.15) is 17.7 Å². The number of carbonyl (C=O) groups excluding carboxylic acids is 1. The van der Waals surface area contributed by atoms with E-state index in [2.05, 4.69) is 16.4 Å². The van der Waals surface area contributed by atoms with Gasteiger partial charge in [-0.25, -0.2) is 4.98 Å². The summed E-state index contributed by atoms with van der Waals surface area (Å²) in [5.41, 5.74) is 2.89. The fraction of sp³-hybridized carbons (Fsp3) is 0.0556. The van der Waals surface area contributed by atoms with Crippen molar-refractivity contribution >= 4 is 34.6 Å². The van der Waals surface area contributed by atoms with E-state index in [1.165, 1.54) is 18.3 Å². The third kappa shape index (κ3) is 3.59. The predicted molar refractivity (Wildman–Crippen MR) is 94.0 cm³/mol. The molecule has 2 heterocycles. The third-order valence-corrected chi connectivity index (χ3v) is 4.06. The van der Waals surface area contributed by atoms with Crippen LogP contribution >= 0.6 is 11.3 Å². The number of hydrogen-bond donors (Lipinski definition) is 1. The average molecular weight is 335 g/mol. The number of thiazole rings is 1. The molecule has 2 aromatic heterocycles. The van der Waals surface area contributed by atoms with E-state index in [9.17, 15) is 10.1 Å². The largest absolute Gasteiger partial charge is 0.465 e. The number of benzene rings is 1. The number of carbonyl (C=O) groups is 1. The normalized spacial score (nSPS) is 11.1. The first-order valence-electron chi connectivity index (χ1n) is 7.15. The number of anilines is 1. The highest BCUT2D eigenvalue weighted by molar-refractivity contribution is 7.11. The lowest BCUT2D eigenvalue weighted by Crippen LogP contribution is -2.05. The van der Waals surface area contributed by atoms with Crippen molar-refractivity contribution in [2.45, 2.75) is 6.92 Å². The molecule has 5 nitrogen and oxygen atoms in total. The molecule has 0 saturated heterocycles. The van der Waals surface area contributed by atoms with Gasteiger partial charge < -0.3 is 9.73 Å². The minimum Gasteiger partial charge on any atom is -0.465 e. The van der Waals surface area contributed by atoms with Crippen molar-refractivity contribution in [1.29, 1.82) is 5.26 Å². The molecule has 0 aliphatic rings. The maximum absolute atomic E-state index is 11.0. The summed E-state index contributed by atoms with van der Waals surface area (Å²) in [7, 11) is 0. The van der Waals surface area contributed by atoms with E-state index in [0.717, 1.165) is 16.9 Å². The van der Waals surface area contributed by atoms with Crippen LogP contribution in [0.4, 0.5) is 5.69 Å². The summed E-state index contributed by atoms with van der Waals surface area (Å²) in [6, 6.07) is 13.1. The first kappa shape index (κ1) is 15.7. The molecule has 0 fully saturated rings. The fourth-order valence-electron chi connectivity index (χ4n) is 2.12. The molecule has 6 heteroatoms. The van der Waals surface area contributed by atoms with Crippen molar-refractivity contribution in [1.82, 2.24) is 4.98 Å². The van der Waals surface area contributed by atoms with Crippen molar-refractivity contribution in [3.63, 3.8) is 0 Å². The Morgan fingerprint density at radius 3 is 2.75 bits per heavy atom. The summed E-state index contributed by atoms with van der Waals surface area (Å²) < 4.78 is 5.24. The Morgan fingerprint density at radius 2 is 2.12 bits per heavy atom. The lowest BCUT2D eigenvalue weighted by Gasteiger charge is -2.02. The van der Waals surface area contributed by atoms with E-state index < -0.39 is 0 Å². The first-order valence-corrected chi connectivity index (χ1v) is 8.03. The van der Waals surface area contributed by atoms with Gasteiger partial charge in [-0.15, -0.1) is 11.3 Å². The number of nitrogens with one attached hydrogen (secondary N) is 1. The molecule has 1 N–H and O–H groups in total. The van der Waals surface area contributed by atoms with Crippen molar-refractivity contribution in [2.24, 2.45) is 0 Å². The predicted octanol–water partition coefficient (Wildman–Crippen LogP) is 4.43. The Bertz CT molecular complexity index is 916. The minimum absolute atomic E-state index is 0.111. The fourth-order valence-corrected chi connectivity index (χ4v) is 2.91. The van der Waals surface area contributed by atoms with E-state index in [1.54, 1.807) is 24.5 Å². The van der Waals surface area contributed by atoms with Gasteiger partial charge in [0.25, 0.3) is 0 Å². The molecule has 1 aromatic carbocycles. The van der Waals surface area contributed by atoms with Crippen LogP contribution in [-0.4, -0.2) is 10.9 Å². The molecule has 0 atom stereocenters. The van der Waals surface area contributed by atoms with Gasteiger partial charge in [-0.1, -0.05) is 12.1 Å². The number of allylic oxidation sites excluding steroid dienone is 1. The van der Waals surface area contributed by atoms with Crippen LogP contribution in [0.25, 0.3) is 22.9 Å². The number of amides is 1. The van der Waals surface area contributed by atoms with E-state index in [0.29, 0.717) is 16.3 Å². The van der Waals surface area contributed by atoms with Gasteiger partial charge in [0.15, 0.2) is 0 Å². The van der Waals surface area contributed by atoms with Gasteiger partial charge in [0.2, 0.25) is 5.91 Å². The number of furan rings is 1. The van der Waals surface area contributed by atoms with E-state index >= 15 is 0 Å². The molecule has 0 saturated carbocycles. The second kappa shape index (κ2) is 6.94. The average Bonchev–Trinajstić information content (AvgIpc) is 3.24. The molecule has 0 bridgehead atoms. The highest BCUT2D eigenvalue weighted by atomic mass is 32.1. The van der Waals surface area contributed by atoms with Crippen molar-refractivity contribution in [3.05, 3.63) is 58.8 Å². The lowest BCUT2D eigenvalue weighted by molar-refractivity contribution is -0.114. The van der Waals surface area contributed by atoms with Crippen LogP contribution < -0.4 is 5.32 Å². The SMILES string of the molecule is CC(=O)Nc1ccc(-c2csc(/C(C#N)=C/c3ccco3)n2)cc1. The van der Waals surface area contributed by atoms with Gasteiger partial charge in [-0.05, 0) is 24.3 Å². The quantitative estimate of drug-likeness (QED) is 0.716. The summed E-state index contributed by atoms with van der Waals surface area (Å²) in [5, 5.41) is 14.6. The topological polar surface area (TPSA) is 78.9 Å². The molecule has 0 spiro atoms. The Hall–Kier alpha value is -3.17. The molecule has 118 valence electrons. The Kier molecular flexibility index (Phi) is 4.54. The lowest BCUT2D eigenvalue weighted by atomic mass is 10.1. The van der Waals surface area contributed by atoms with Gasteiger partial charge in [-0.3, -0.25) is 4.79 Å². The van der Waals surface area contributed by atoms with Crippen LogP contribution in [0.2, 0.25) is 0 Å². The highest BCUT2D eigenvalue weighted by Gasteiger charge is 2.10. The third-order valence-electron chi connectivity index (χ3n) is 3.19. The van der Waals surface area contributed by atoms with E-state index in [4.69, 9.17) is 4.42 Å². The number of hydrogen-bond acceptors (Lipinski definition) is 5. The van der Waals surface area contributed by atoms with Gasteiger partial charge in [0.1, 0.15) is 16.8 Å². The number of nitriles is 1. The second-order valence-corrected chi connectivity index (χ2v) is 5.84. The van der Waals surface area contributed by atoms with Gasteiger partial charge in [-0.2, -0.15) is 5.26 Å². The molecular formula is C18H13N3O2S. The maximum atomic E-state index is 11.0. The summed E-state index contributed by atoms with van der Waals surface area (Å²) >= 11 is 1.40. The van der Waals surface area contributed by atoms with Crippen molar-refractivity contribution in [3.8, 4) is 17.3 Å². The summed E-state index contributed by atoms with van der Waals surface area (Å²) in [5.74, 6) is 0.503. The van der Waals surface area contributed by atoms with Gasteiger partial charge in [0, 0.05) is 29.6 Å². The molecule has 0 radical (unpaired) electrons. The van der Waals surface area contributed by atoms with Gasteiger partial charge >= 0.3 is 0 Å². The van der Waals surface area contributed by atoms with Crippen LogP contribution in [0, 0.1) is 11.3 Å². The Morgan fingerprint density at radius 1 is 1.33 bits per heavy atom. The Labute approximate surface area is 142 Å². The molecule has 3 aromatic rings. The van der Waals surface area contributed by atoms with Crippen LogP contribution in [0.15, 0.2) is 52.5 Å². The Balaban J connectivity index is 1.85. The molecule has 3 rings (SSSR count). The number of rotatable bonds is 4. The van der Waals surface area contributed by atoms with E-state index in [-0.39, 0.29) is 5.91 Å². The molecule has 1 amide bonds. The maximum Gasteiger partial charge on any atom is 0.221 e. The summed E-state index contributed by atoms with van der Waals surface area (Å²) in [6.07, 6.45) is 3.23. The number of nitrogens with zero attached hydrogens (tertiary/aromatic N) is 2. The zero-order valence-electron chi connectivity index (χ0n) is 12.8. The number of aromatic nitrogens is 1. The van der Waals surface area contributed by atoms with Crippen LogP contribution in [-0.2, 0) is 4.79 Å². The smallest absolute Gasteiger partial charge is 0.221 e. The van der Waals surface area contributed by atoms with Crippen molar-refractivity contribution in [2.75, 3.05) is 5.32 Å². The first-order chi connectivity index (χ1) is 11.7. The standard InChI is InChI=1S/C18H13N3O2S/c1-12(22)20-15-6-4-13(5-7-15)17-11-24-18(21-17)14(10-19)9-16-3-2-8-23-16/h2-9,11H,1H3,(H,20,22)/b14-9+. The molecular weight excluding hydrogens is 322 g/mol. The molecule has 0 unspecified atom stereocenters. The van der Waals surface area contributed by atoms with Crippen LogP contribution in [0.5, 0.6) is 0 Å². The van der Waals surface area contributed by atoms with Crippen molar-refractivity contribution < 1.29 is 9.21 Å². The van der Waals surface area contributed by atoms with Crippen LogP contribution in [0.3, 0.4) is 0 Å². The zero-order chi connectivity index (χ0) is 16.9.